The third-order valence-corrected chi connectivity index (χ3v) is 4.27. The average molecular weight is 334 g/mol. The van der Waals surface area contributed by atoms with Gasteiger partial charge < -0.3 is 0 Å². The number of rotatable bonds is 4. The quantitative estimate of drug-likeness (QED) is 0.543. The summed E-state index contributed by atoms with van der Waals surface area (Å²) in [7, 11) is 0. The highest BCUT2D eigenvalue weighted by Gasteiger charge is 2.30. The Labute approximate surface area is 144 Å². The Kier molecular flexibility index (Phi) is 4.24. The lowest BCUT2D eigenvalue weighted by Gasteiger charge is -2.13. The first-order valence-electron chi connectivity index (χ1n) is 8.13. The van der Waals surface area contributed by atoms with E-state index in [-0.39, 0.29) is 18.0 Å². The molecule has 2 atom stereocenters. The molecule has 3 aromatic rings. The summed E-state index contributed by atoms with van der Waals surface area (Å²) in [5.41, 5.74) is 13.8. The highest BCUT2D eigenvalue weighted by atomic mass is 16.2. The standard InChI is InChI=1S/C18H18N6O/c25-18(16-10-15(21-22-16)12-6-2-1-3-7-12)24-23-17-13-8-4-5-9-14(13)19-11-20-17/h1-9,11,15-16,21-22H,10H2,(H,24,25)(H,19,20,23). The van der Waals surface area contributed by atoms with Crippen LogP contribution < -0.4 is 21.7 Å². The monoisotopic (exact) mass is 334 g/mol. The van der Waals surface area contributed by atoms with Gasteiger partial charge in [0.05, 0.1) is 5.52 Å². The smallest absolute Gasteiger partial charge is 0.256 e. The van der Waals surface area contributed by atoms with Crippen molar-refractivity contribution in [1.82, 2.24) is 26.2 Å². The Balaban J connectivity index is 1.39. The van der Waals surface area contributed by atoms with Crippen molar-refractivity contribution in [2.45, 2.75) is 18.5 Å². The van der Waals surface area contributed by atoms with Crippen LogP contribution in [-0.4, -0.2) is 21.9 Å². The minimum Gasteiger partial charge on any atom is -0.281 e. The van der Waals surface area contributed by atoms with Crippen LogP contribution >= 0.6 is 0 Å². The second-order valence-corrected chi connectivity index (χ2v) is 5.89. The first kappa shape index (κ1) is 15.5. The fraction of sp³-hybridized carbons (Fsp3) is 0.167. The number of hydrogen-bond donors (Lipinski definition) is 4. The molecule has 1 aromatic heterocycles. The highest BCUT2D eigenvalue weighted by Crippen LogP contribution is 2.22. The van der Waals surface area contributed by atoms with E-state index in [1.165, 1.54) is 6.33 Å². The molecule has 4 rings (SSSR count). The maximum Gasteiger partial charge on any atom is 0.256 e. The van der Waals surface area contributed by atoms with E-state index < -0.39 is 0 Å². The van der Waals surface area contributed by atoms with E-state index in [1.807, 2.05) is 54.6 Å². The Hall–Kier alpha value is -3.03. The van der Waals surface area contributed by atoms with Gasteiger partial charge in [-0.25, -0.2) is 20.8 Å². The lowest BCUT2D eigenvalue weighted by Crippen LogP contribution is -2.45. The van der Waals surface area contributed by atoms with Gasteiger partial charge in [-0.1, -0.05) is 42.5 Å². The number of carbonyl (C=O) groups excluding carboxylic acids is 1. The van der Waals surface area contributed by atoms with Crippen molar-refractivity contribution in [2.24, 2.45) is 0 Å². The number of nitrogens with one attached hydrogen (secondary N) is 4. The summed E-state index contributed by atoms with van der Waals surface area (Å²) in [6, 6.07) is 17.5. The van der Waals surface area contributed by atoms with Crippen LogP contribution in [-0.2, 0) is 4.79 Å². The number of benzene rings is 2. The van der Waals surface area contributed by atoms with E-state index in [4.69, 9.17) is 0 Å². The summed E-state index contributed by atoms with van der Waals surface area (Å²) in [4.78, 5) is 20.8. The van der Waals surface area contributed by atoms with Crippen molar-refractivity contribution < 1.29 is 4.79 Å². The van der Waals surface area contributed by atoms with Crippen LogP contribution in [0.5, 0.6) is 0 Å². The van der Waals surface area contributed by atoms with Gasteiger partial charge in [0.25, 0.3) is 5.91 Å². The van der Waals surface area contributed by atoms with Gasteiger partial charge in [-0.05, 0) is 24.1 Å². The zero-order chi connectivity index (χ0) is 17.1. The minimum absolute atomic E-state index is 0.108. The van der Waals surface area contributed by atoms with Gasteiger partial charge >= 0.3 is 0 Å². The summed E-state index contributed by atoms with van der Waals surface area (Å²) in [6.45, 7) is 0. The van der Waals surface area contributed by atoms with E-state index in [1.54, 1.807) is 0 Å². The highest BCUT2D eigenvalue weighted by molar-refractivity contribution is 5.90. The third kappa shape index (κ3) is 3.28. The van der Waals surface area contributed by atoms with E-state index in [0.29, 0.717) is 12.2 Å². The van der Waals surface area contributed by atoms with Crippen LogP contribution in [0.25, 0.3) is 10.9 Å². The van der Waals surface area contributed by atoms with Gasteiger partial charge in [0.1, 0.15) is 12.4 Å². The van der Waals surface area contributed by atoms with E-state index >= 15 is 0 Å². The predicted molar refractivity (Wildman–Crippen MR) is 95.2 cm³/mol. The topological polar surface area (TPSA) is 91.0 Å². The fourth-order valence-electron chi connectivity index (χ4n) is 2.94. The number of hydrogen-bond acceptors (Lipinski definition) is 6. The number of carbonyl (C=O) groups is 1. The molecule has 1 amide bonds. The zero-order valence-corrected chi connectivity index (χ0v) is 13.4. The van der Waals surface area contributed by atoms with Crippen molar-refractivity contribution in [3.63, 3.8) is 0 Å². The fourth-order valence-corrected chi connectivity index (χ4v) is 2.94. The minimum atomic E-state index is -0.328. The summed E-state index contributed by atoms with van der Waals surface area (Å²) >= 11 is 0. The molecule has 1 aliphatic rings. The first-order chi connectivity index (χ1) is 12.3. The van der Waals surface area contributed by atoms with Crippen molar-refractivity contribution >= 4 is 22.6 Å². The van der Waals surface area contributed by atoms with Crippen LogP contribution in [0.4, 0.5) is 5.82 Å². The molecule has 2 heterocycles. The Bertz CT molecular complexity index is 880. The van der Waals surface area contributed by atoms with Gasteiger partial charge in [-0.3, -0.25) is 15.6 Å². The van der Waals surface area contributed by atoms with Crippen LogP contribution in [0.15, 0.2) is 60.9 Å². The van der Waals surface area contributed by atoms with Crippen LogP contribution in [0, 0.1) is 0 Å². The molecule has 7 nitrogen and oxygen atoms in total. The molecular formula is C18H18N6O. The summed E-state index contributed by atoms with van der Waals surface area (Å²) in [5.74, 6) is 0.429. The van der Waals surface area contributed by atoms with E-state index in [9.17, 15) is 4.79 Å². The molecule has 1 aliphatic heterocycles. The second kappa shape index (κ2) is 6.84. The summed E-state index contributed by atoms with van der Waals surface area (Å²) < 4.78 is 0. The van der Waals surface area contributed by atoms with Crippen molar-refractivity contribution in [1.29, 1.82) is 0 Å². The molecular weight excluding hydrogens is 316 g/mol. The molecule has 2 unspecified atom stereocenters. The van der Waals surface area contributed by atoms with Gasteiger partial charge in [0.2, 0.25) is 0 Å². The third-order valence-electron chi connectivity index (χ3n) is 4.27. The van der Waals surface area contributed by atoms with Crippen molar-refractivity contribution in [2.75, 3.05) is 5.43 Å². The van der Waals surface area contributed by atoms with Crippen LogP contribution in [0.1, 0.15) is 18.0 Å². The molecule has 4 N–H and O–H groups in total. The molecule has 1 fully saturated rings. The molecule has 0 spiro atoms. The van der Waals surface area contributed by atoms with Gasteiger partial charge in [-0.2, -0.15) is 0 Å². The number of nitrogens with zero attached hydrogens (tertiary/aromatic N) is 2. The van der Waals surface area contributed by atoms with Crippen molar-refractivity contribution in [3.05, 3.63) is 66.5 Å². The number of anilines is 1. The number of hydrazine groups is 2. The van der Waals surface area contributed by atoms with Gasteiger partial charge in [-0.15, -0.1) is 0 Å². The second-order valence-electron chi connectivity index (χ2n) is 5.89. The zero-order valence-electron chi connectivity index (χ0n) is 13.4. The number of aromatic nitrogens is 2. The lowest BCUT2D eigenvalue weighted by molar-refractivity contribution is -0.122. The van der Waals surface area contributed by atoms with Crippen LogP contribution in [0.2, 0.25) is 0 Å². The first-order valence-corrected chi connectivity index (χ1v) is 8.13. The van der Waals surface area contributed by atoms with Gasteiger partial charge in [0.15, 0.2) is 5.82 Å². The average Bonchev–Trinajstić information content (AvgIpc) is 3.17. The maximum absolute atomic E-state index is 12.4. The largest absolute Gasteiger partial charge is 0.281 e. The number of fused-ring (bicyclic) bond motifs is 1. The summed E-state index contributed by atoms with van der Waals surface area (Å²) in [5, 5.41) is 0.852. The Morgan fingerprint density at radius 1 is 1.00 bits per heavy atom. The van der Waals surface area contributed by atoms with Gasteiger partial charge in [0, 0.05) is 11.4 Å². The predicted octanol–water partition coefficient (Wildman–Crippen LogP) is 1.68. The SMILES string of the molecule is O=C(NNc1ncnc2ccccc12)C1CC(c2ccccc2)NN1. The normalized spacial score (nSPS) is 19.7. The molecule has 0 radical (unpaired) electrons. The number of amides is 1. The Morgan fingerprint density at radius 2 is 1.80 bits per heavy atom. The number of para-hydroxylation sites is 1. The Morgan fingerprint density at radius 3 is 2.68 bits per heavy atom. The van der Waals surface area contributed by atoms with E-state index in [2.05, 4.69) is 31.7 Å². The summed E-state index contributed by atoms with van der Waals surface area (Å²) in [6.07, 6.45) is 2.14. The lowest BCUT2D eigenvalue weighted by atomic mass is 10.0. The molecule has 0 aliphatic carbocycles. The molecule has 0 bridgehead atoms. The maximum atomic E-state index is 12.4. The molecule has 1 saturated heterocycles. The molecule has 0 saturated carbocycles. The van der Waals surface area contributed by atoms with E-state index in [0.717, 1.165) is 16.5 Å². The molecule has 25 heavy (non-hydrogen) atoms. The molecule has 126 valence electrons. The van der Waals surface area contributed by atoms with Crippen LogP contribution in [0.3, 0.4) is 0 Å². The van der Waals surface area contributed by atoms with Crippen molar-refractivity contribution in [3.8, 4) is 0 Å². The molecule has 7 heteroatoms. The molecule has 2 aromatic carbocycles.